The molecule has 0 aromatic heterocycles. The highest BCUT2D eigenvalue weighted by atomic mass is 19.4. The second-order valence-electron chi connectivity index (χ2n) is 5.92. The van der Waals surface area contributed by atoms with Gasteiger partial charge in [0.2, 0.25) is 0 Å². The first-order valence-corrected chi connectivity index (χ1v) is 7.82. The molecule has 0 spiro atoms. The predicted octanol–water partition coefficient (Wildman–Crippen LogP) is 5.10. The molecular weight excluding hydrogens is 334 g/mol. The van der Waals surface area contributed by atoms with Crippen LogP contribution >= 0.6 is 0 Å². The SMILES string of the molecule is CC(=O)/C1=C/N(Cc2cccc(C(F)(F)F)c2C)C/C=C\C(F)=C/C1. The van der Waals surface area contributed by atoms with E-state index >= 15 is 0 Å². The molecule has 0 atom stereocenters. The highest BCUT2D eigenvalue weighted by molar-refractivity contribution is 5.93. The standard InChI is InChI=1S/C19H19F4NO/c1-13-15(5-3-7-18(13)19(21,22)23)11-24-10-4-6-17(20)9-8-16(12-24)14(2)25/h3-7,9,12H,8,10-11H2,1-2H3/b6-4-,16-12+,17-9+. The number of halogens is 4. The maximum absolute atomic E-state index is 13.5. The van der Waals surface area contributed by atoms with Crippen molar-refractivity contribution in [1.82, 2.24) is 4.90 Å². The number of ketones is 1. The number of carbonyl (C=O) groups is 1. The number of rotatable bonds is 3. The van der Waals surface area contributed by atoms with E-state index < -0.39 is 17.6 Å². The van der Waals surface area contributed by atoms with Crippen molar-refractivity contribution in [2.45, 2.75) is 33.0 Å². The zero-order chi connectivity index (χ0) is 18.6. The number of nitrogens with zero attached hydrogens (tertiary/aromatic N) is 1. The molecule has 1 aromatic rings. The fraction of sp³-hybridized carbons (Fsp3) is 0.316. The zero-order valence-electron chi connectivity index (χ0n) is 14.0. The molecule has 0 bridgehead atoms. The molecule has 1 aliphatic rings. The van der Waals surface area contributed by atoms with Gasteiger partial charge < -0.3 is 4.90 Å². The topological polar surface area (TPSA) is 20.3 Å². The summed E-state index contributed by atoms with van der Waals surface area (Å²) in [6.07, 6.45) is 1.51. The van der Waals surface area contributed by atoms with Gasteiger partial charge in [0, 0.05) is 24.9 Å². The van der Waals surface area contributed by atoms with Crippen LogP contribution in [0.4, 0.5) is 17.6 Å². The summed E-state index contributed by atoms with van der Waals surface area (Å²) >= 11 is 0. The summed E-state index contributed by atoms with van der Waals surface area (Å²) in [6, 6.07) is 4.04. The molecular formula is C19H19F4NO. The number of carbonyl (C=O) groups excluding carboxylic acids is 1. The Balaban J connectivity index is 2.34. The van der Waals surface area contributed by atoms with E-state index in [4.69, 9.17) is 0 Å². The maximum Gasteiger partial charge on any atom is 0.416 e. The molecule has 6 heteroatoms. The van der Waals surface area contributed by atoms with Crippen LogP contribution in [-0.2, 0) is 17.5 Å². The summed E-state index contributed by atoms with van der Waals surface area (Å²) in [7, 11) is 0. The average Bonchev–Trinajstić information content (AvgIpc) is 2.59. The zero-order valence-corrected chi connectivity index (χ0v) is 14.0. The van der Waals surface area contributed by atoms with Crippen molar-refractivity contribution in [1.29, 1.82) is 0 Å². The van der Waals surface area contributed by atoms with Gasteiger partial charge >= 0.3 is 6.18 Å². The van der Waals surface area contributed by atoms with E-state index in [2.05, 4.69) is 0 Å². The summed E-state index contributed by atoms with van der Waals surface area (Å²) in [6.45, 7) is 3.30. The van der Waals surface area contributed by atoms with Crippen LogP contribution < -0.4 is 0 Å². The number of Topliss-reactive ketones (excluding diaryl/α,β-unsaturated/α-hetero) is 1. The molecule has 1 aromatic carbocycles. The Morgan fingerprint density at radius 1 is 1.28 bits per heavy atom. The van der Waals surface area contributed by atoms with E-state index in [9.17, 15) is 22.4 Å². The molecule has 1 aliphatic heterocycles. The third kappa shape index (κ3) is 5.05. The van der Waals surface area contributed by atoms with Crippen molar-refractivity contribution in [3.63, 3.8) is 0 Å². The van der Waals surface area contributed by atoms with Crippen LogP contribution in [0.25, 0.3) is 0 Å². The molecule has 1 heterocycles. The van der Waals surface area contributed by atoms with Crippen LogP contribution in [0.3, 0.4) is 0 Å². The Hall–Kier alpha value is -2.37. The molecule has 25 heavy (non-hydrogen) atoms. The normalized spacial score (nSPS) is 21.3. The van der Waals surface area contributed by atoms with Crippen molar-refractivity contribution in [3.05, 3.63) is 70.7 Å². The van der Waals surface area contributed by atoms with Gasteiger partial charge in [-0.15, -0.1) is 0 Å². The summed E-state index contributed by atoms with van der Waals surface area (Å²) in [5.74, 6) is -0.638. The van der Waals surface area contributed by atoms with Gasteiger partial charge in [0.15, 0.2) is 5.78 Å². The first kappa shape index (κ1) is 19.0. The Morgan fingerprint density at radius 2 is 2.00 bits per heavy atom. The molecule has 2 rings (SSSR count). The molecule has 0 aliphatic carbocycles. The molecule has 134 valence electrons. The Bertz CT molecular complexity index is 744. The van der Waals surface area contributed by atoms with Crippen LogP contribution in [0.1, 0.15) is 30.0 Å². The molecule has 2 nitrogen and oxygen atoms in total. The summed E-state index contributed by atoms with van der Waals surface area (Å²) in [4.78, 5) is 13.4. The summed E-state index contributed by atoms with van der Waals surface area (Å²) in [5, 5.41) is 0. The minimum Gasteiger partial charge on any atom is -0.369 e. The first-order chi connectivity index (χ1) is 11.7. The van der Waals surface area contributed by atoms with Crippen molar-refractivity contribution in [2.75, 3.05) is 6.54 Å². The molecule has 0 saturated heterocycles. The van der Waals surface area contributed by atoms with Crippen LogP contribution in [-0.4, -0.2) is 17.2 Å². The Kier molecular flexibility index (Phi) is 5.82. The van der Waals surface area contributed by atoms with E-state index in [1.165, 1.54) is 32.1 Å². The van der Waals surface area contributed by atoms with Crippen LogP contribution in [0.5, 0.6) is 0 Å². The second-order valence-corrected chi connectivity index (χ2v) is 5.92. The summed E-state index contributed by atoms with van der Waals surface area (Å²) < 4.78 is 52.7. The van der Waals surface area contributed by atoms with Gasteiger partial charge in [0.05, 0.1) is 5.56 Å². The minimum absolute atomic E-state index is 0.142. The number of hydrogen-bond acceptors (Lipinski definition) is 2. The average molecular weight is 353 g/mol. The predicted molar refractivity (Wildman–Crippen MR) is 88.3 cm³/mol. The van der Waals surface area contributed by atoms with Gasteiger partial charge in [0.25, 0.3) is 0 Å². The van der Waals surface area contributed by atoms with Gasteiger partial charge in [-0.2, -0.15) is 13.2 Å². The largest absolute Gasteiger partial charge is 0.416 e. The van der Waals surface area contributed by atoms with Gasteiger partial charge in [-0.1, -0.05) is 18.2 Å². The Labute approximate surface area is 144 Å². The number of alkyl halides is 3. The maximum atomic E-state index is 13.5. The third-order valence-electron chi connectivity index (χ3n) is 4.05. The Morgan fingerprint density at radius 3 is 2.64 bits per heavy atom. The highest BCUT2D eigenvalue weighted by Crippen LogP contribution is 2.33. The van der Waals surface area contributed by atoms with E-state index in [-0.39, 0.29) is 30.9 Å². The fourth-order valence-corrected chi connectivity index (χ4v) is 2.63. The smallest absolute Gasteiger partial charge is 0.369 e. The van der Waals surface area contributed by atoms with Gasteiger partial charge in [-0.25, -0.2) is 4.39 Å². The minimum atomic E-state index is -4.42. The first-order valence-electron chi connectivity index (χ1n) is 7.82. The highest BCUT2D eigenvalue weighted by Gasteiger charge is 2.32. The van der Waals surface area contributed by atoms with Gasteiger partial charge in [-0.05, 0) is 49.6 Å². The number of benzene rings is 1. The lowest BCUT2D eigenvalue weighted by atomic mass is 10.0. The molecule has 0 unspecified atom stereocenters. The third-order valence-corrected chi connectivity index (χ3v) is 4.05. The molecule has 0 saturated carbocycles. The quantitative estimate of drug-likeness (QED) is 0.705. The van der Waals surface area contributed by atoms with Crippen LogP contribution in [0.2, 0.25) is 0 Å². The van der Waals surface area contributed by atoms with Gasteiger partial charge in [-0.3, -0.25) is 4.79 Å². The molecule has 0 fully saturated rings. The van der Waals surface area contributed by atoms with Crippen molar-refractivity contribution >= 4 is 5.78 Å². The number of allylic oxidation sites excluding steroid dienone is 4. The van der Waals surface area contributed by atoms with E-state index in [1.54, 1.807) is 23.2 Å². The monoisotopic (exact) mass is 353 g/mol. The lowest BCUT2D eigenvalue weighted by Gasteiger charge is -2.22. The van der Waals surface area contributed by atoms with E-state index in [1.807, 2.05) is 0 Å². The molecule has 0 N–H and O–H groups in total. The van der Waals surface area contributed by atoms with Crippen LogP contribution in [0.15, 0.2) is 54.0 Å². The van der Waals surface area contributed by atoms with Crippen molar-refractivity contribution in [3.8, 4) is 0 Å². The van der Waals surface area contributed by atoms with Crippen molar-refractivity contribution < 1.29 is 22.4 Å². The van der Waals surface area contributed by atoms with E-state index in [0.717, 1.165) is 6.07 Å². The number of hydrogen-bond donors (Lipinski definition) is 0. The lowest BCUT2D eigenvalue weighted by molar-refractivity contribution is -0.138. The fourth-order valence-electron chi connectivity index (χ4n) is 2.63. The molecule has 0 radical (unpaired) electrons. The van der Waals surface area contributed by atoms with Gasteiger partial charge in [0.1, 0.15) is 5.83 Å². The van der Waals surface area contributed by atoms with Crippen LogP contribution in [0, 0.1) is 6.92 Å². The summed E-state index contributed by atoms with van der Waals surface area (Å²) in [5.41, 5.74) is 0.396. The lowest BCUT2D eigenvalue weighted by Crippen LogP contribution is -2.20. The van der Waals surface area contributed by atoms with E-state index in [0.29, 0.717) is 11.1 Å². The molecule has 0 amide bonds. The van der Waals surface area contributed by atoms with Crippen molar-refractivity contribution in [2.24, 2.45) is 0 Å². The second kappa shape index (κ2) is 7.68.